The van der Waals surface area contributed by atoms with Gasteiger partial charge in [0.15, 0.2) is 5.96 Å². The first-order valence-electron chi connectivity index (χ1n) is 10.6. The SMILES string of the molecule is CCNC(=NCCc1c[nH]c2ccccc12)N1CCC(Oc2ccccc2)CC1.I. The summed E-state index contributed by atoms with van der Waals surface area (Å²) in [5, 5.41) is 4.76. The van der Waals surface area contributed by atoms with Crippen LogP contribution in [0.25, 0.3) is 10.9 Å². The number of piperidine rings is 1. The Balaban J connectivity index is 0.00000256. The van der Waals surface area contributed by atoms with Gasteiger partial charge in [-0.05, 0) is 37.1 Å². The number of nitrogens with zero attached hydrogens (tertiary/aromatic N) is 2. The molecule has 2 aromatic carbocycles. The first-order chi connectivity index (χ1) is 14.3. The van der Waals surface area contributed by atoms with Crippen LogP contribution in [0.1, 0.15) is 25.3 Å². The summed E-state index contributed by atoms with van der Waals surface area (Å²) in [6.45, 7) is 5.73. The normalized spacial score (nSPS) is 15.1. The lowest BCUT2D eigenvalue weighted by Gasteiger charge is -2.34. The van der Waals surface area contributed by atoms with Crippen molar-refractivity contribution >= 4 is 40.8 Å². The molecular formula is C24H31IN4O. The van der Waals surface area contributed by atoms with Gasteiger partial charge in [0, 0.05) is 56.1 Å². The number of hydrogen-bond donors (Lipinski definition) is 2. The van der Waals surface area contributed by atoms with E-state index in [9.17, 15) is 0 Å². The number of fused-ring (bicyclic) bond motifs is 1. The van der Waals surface area contributed by atoms with E-state index < -0.39 is 0 Å². The average molecular weight is 518 g/mol. The topological polar surface area (TPSA) is 52.7 Å². The number of likely N-dealkylation sites (tertiary alicyclic amines) is 1. The van der Waals surface area contributed by atoms with Crippen LogP contribution in [0.15, 0.2) is 65.8 Å². The summed E-state index contributed by atoms with van der Waals surface area (Å²) >= 11 is 0. The molecule has 160 valence electrons. The van der Waals surface area contributed by atoms with Gasteiger partial charge < -0.3 is 19.9 Å². The van der Waals surface area contributed by atoms with E-state index in [1.807, 2.05) is 30.3 Å². The van der Waals surface area contributed by atoms with Crippen LogP contribution < -0.4 is 10.1 Å². The van der Waals surface area contributed by atoms with E-state index in [-0.39, 0.29) is 30.1 Å². The molecule has 4 rings (SSSR count). The van der Waals surface area contributed by atoms with Gasteiger partial charge in [0.25, 0.3) is 0 Å². The predicted octanol–water partition coefficient (Wildman–Crippen LogP) is 4.84. The number of benzene rings is 2. The zero-order valence-corrected chi connectivity index (χ0v) is 19.8. The summed E-state index contributed by atoms with van der Waals surface area (Å²) < 4.78 is 6.12. The smallest absolute Gasteiger partial charge is 0.193 e. The third kappa shape index (κ3) is 5.68. The Hall–Kier alpha value is -2.22. The molecule has 0 saturated carbocycles. The van der Waals surface area contributed by atoms with E-state index in [1.54, 1.807) is 0 Å². The molecule has 1 saturated heterocycles. The quantitative estimate of drug-likeness (QED) is 0.279. The minimum absolute atomic E-state index is 0. The Labute approximate surface area is 195 Å². The van der Waals surface area contributed by atoms with Gasteiger partial charge in [0.1, 0.15) is 11.9 Å². The van der Waals surface area contributed by atoms with Crippen LogP contribution >= 0.6 is 24.0 Å². The van der Waals surface area contributed by atoms with Gasteiger partial charge in [0.2, 0.25) is 0 Å². The second kappa shape index (κ2) is 11.2. The number of aromatic nitrogens is 1. The molecule has 0 spiro atoms. The molecule has 2 N–H and O–H groups in total. The minimum atomic E-state index is 0. The second-order valence-electron chi connectivity index (χ2n) is 7.46. The maximum atomic E-state index is 6.12. The lowest BCUT2D eigenvalue weighted by Crippen LogP contribution is -2.47. The van der Waals surface area contributed by atoms with Crippen LogP contribution in [0.5, 0.6) is 5.75 Å². The van der Waals surface area contributed by atoms with Crippen molar-refractivity contribution in [2.75, 3.05) is 26.2 Å². The number of nitrogens with one attached hydrogen (secondary N) is 2. The average Bonchev–Trinajstić information content (AvgIpc) is 3.18. The number of aliphatic imine (C=N–C) groups is 1. The number of halogens is 1. The monoisotopic (exact) mass is 518 g/mol. The van der Waals surface area contributed by atoms with Gasteiger partial charge in [-0.3, -0.25) is 4.99 Å². The molecular weight excluding hydrogens is 487 g/mol. The number of para-hydroxylation sites is 2. The highest BCUT2D eigenvalue weighted by Crippen LogP contribution is 2.20. The Bertz CT molecular complexity index is 933. The van der Waals surface area contributed by atoms with Crippen LogP contribution in [0, 0.1) is 0 Å². The molecule has 0 unspecified atom stereocenters. The van der Waals surface area contributed by atoms with E-state index >= 15 is 0 Å². The van der Waals surface area contributed by atoms with Crippen LogP contribution in [0.3, 0.4) is 0 Å². The molecule has 5 nitrogen and oxygen atoms in total. The number of hydrogen-bond acceptors (Lipinski definition) is 2. The maximum Gasteiger partial charge on any atom is 0.193 e. The van der Waals surface area contributed by atoms with Crippen molar-refractivity contribution in [3.05, 3.63) is 66.4 Å². The second-order valence-corrected chi connectivity index (χ2v) is 7.46. The van der Waals surface area contributed by atoms with Crippen molar-refractivity contribution in [2.45, 2.75) is 32.3 Å². The molecule has 0 amide bonds. The molecule has 0 radical (unpaired) electrons. The van der Waals surface area contributed by atoms with Crippen LogP contribution in [-0.2, 0) is 6.42 Å². The molecule has 1 aliphatic heterocycles. The third-order valence-corrected chi connectivity index (χ3v) is 5.44. The summed E-state index contributed by atoms with van der Waals surface area (Å²) in [6, 6.07) is 18.6. The van der Waals surface area contributed by atoms with Crippen LogP contribution in [-0.4, -0.2) is 48.1 Å². The molecule has 2 heterocycles. The molecule has 0 atom stereocenters. The molecule has 3 aromatic rings. The number of guanidine groups is 1. The van der Waals surface area contributed by atoms with Crippen molar-refractivity contribution in [1.29, 1.82) is 0 Å². The fourth-order valence-corrected chi connectivity index (χ4v) is 3.92. The van der Waals surface area contributed by atoms with Crippen molar-refractivity contribution in [2.24, 2.45) is 4.99 Å². The Kier molecular flexibility index (Phi) is 8.42. The zero-order valence-electron chi connectivity index (χ0n) is 17.5. The predicted molar refractivity (Wildman–Crippen MR) is 135 cm³/mol. The Morgan fingerprint density at radius 2 is 1.83 bits per heavy atom. The van der Waals surface area contributed by atoms with Crippen molar-refractivity contribution in [3.63, 3.8) is 0 Å². The first-order valence-corrected chi connectivity index (χ1v) is 10.6. The summed E-state index contributed by atoms with van der Waals surface area (Å²) in [6.07, 6.45) is 5.36. The number of rotatable bonds is 6. The fourth-order valence-electron chi connectivity index (χ4n) is 3.92. The maximum absolute atomic E-state index is 6.12. The van der Waals surface area contributed by atoms with Gasteiger partial charge in [-0.25, -0.2) is 0 Å². The van der Waals surface area contributed by atoms with Crippen molar-refractivity contribution in [3.8, 4) is 5.75 Å². The number of ether oxygens (including phenoxy) is 1. The van der Waals surface area contributed by atoms with Gasteiger partial charge in [-0.15, -0.1) is 24.0 Å². The first kappa shape index (κ1) is 22.5. The van der Waals surface area contributed by atoms with E-state index in [4.69, 9.17) is 9.73 Å². The lowest BCUT2D eigenvalue weighted by molar-refractivity contribution is 0.129. The zero-order chi connectivity index (χ0) is 19.9. The minimum Gasteiger partial charge on any atom is -0.490 e. The Morgan fingerprint density at radius 3 is 2.60 bits per heavy atom. The van der Waals surface area contributed by atoms with E-state index in [0.717, 1.165) is 57.2 Å². The molecule has 30 heavy (non-hydrogen) atoms. The van der Waals surface area contributed by atoms with Crippen molar-refractivity contribution in [1.82, 2.24) is 15.2 Å². The van der Waals surface area contributed by atoms with Crippen molar-refractivity contribution < 1.29 is 4.74 Å². The van der Waals surface area contributed by atoms with E-state index in [0.29, 0.717) is 0 Å². The van der Waals surface area contributed by atoms with Gasteiger partial charge >= 0.3 is 0 Å². The summed E-state index contributed by atoms with van der Waals surface area (Å²) in [5.41, 5.74) is 2.52. The fraction of sp³-hybridized carbons (Fsp3) is 0.375. The molecule has 1 fully saturated rings. The third-order valence-electron chi connectivity index (χ3n) is 5.44. The van der Waals surface area contributed by atoms with Crippen LogP contribution in [0.2, 0.25) is 0 Å². The summed E-state index contributed by atoms with van der Waals surface area (Å²) in [7, 11) is 0. The van der Waals surface area contributed by atoms with Crippen LogP contribution in [0.4, 0.5) is 0 Å². The standard InChI is InChI=1S/C24H30N4O.HI/c1-2-25-24(26-15-12-19-18-27-23-11-7-6-10-22(19)23)28-16-13-21(14-17-28)29-20-8-4-3-5-9-20;/h3-11,18,21,27H,2,12-17H2,1H3,(H,25,26);1H. The Morgan fingerprint density at radius 1 is 1.10 bits per heavy atom. The van der Waals surface area contributed by atoms with E-state index in [2.05, 4.69) is 52.6 Å². The molecule has 0 bridgehead atoms. The molecule has 1 aliphatic rings. The largest absolute Gasteiger partial charge is 0.490 e. The van der Waals surface area contributed by atoms with Gasteiger partial charge in [-0.1, -0.05) is 36.4 Å². The highest BCUT2D eigenvalue weighted by atomic mass is 127. The molecule has 6 heteroatoms. The number of aromatic amines is 1. The molecule has 0 aliphatic carbocycles. The highest BCUT2D eigenvalue weighted by molar-refractivity contribution is 14.0. The highest BCUT2D eigenvalue weighted by Gasteiger charge is 2.22. The van der Waals surface area contributed by atoms with E-state index in [1.165, 1.54) is 16.5 Å². The lowest BCUT2D eigenvalue weighted by atomic mass is 10.1. The van der Waals surface area contributed by atoms with Gasteiger partial charge in [-0.2, -0.15) is 0 Å². The summed E-state index contributed by atoms with van der Waals surface area (Å²) in [5.74, 6) is 1.98. The number of H-pyrrole nitrogens is 1. The molecule has 1 aromatic heterocycles. The van der Waals surface area contributed by atoms with Gasteiger partial charge in [0.05, 0.1) is 0 Å². The summed E-state index contributed by atoms with van der Waals surface area (Å²) in [4.78, 5) is 10.6.